The summed E-state index contributed by atoms with van der Waals surface area (Å²) in [5.41, 5.74) is 7.37. The van der Waals surface area contributed by atoms with Crippen LogP contribution in [0.2, 0.25) is 0 Å². The molecule has 0 heterocycles. The Bertz CT molecular complexity index is 391. The summed E-state index contributed by atoms with van der Waals surface area (Å²) in [6.07, 6.45) is 2.94. The fourth-order valence-electron chi connectivity index (χ4n) is 2.06. The second kappa shape index (κ2) is 8.85. The Balaban J connectivity index is 2.87. The van der Waals surface area contributed by atoms with E-state index in [9.17, 15) is 0 Å². The summed E-state index contributed by atoms with van der Waals surface area (Å²) in [7, 11) is 0. The average Bonchev–Trinajstić information content (AvgIpc) is 2.42. The van der Waals surface area contributed by atoms with Crippen LogP contribution in [0.5, 0.6) is 11.5 Å². The van der Waals surface area contributed by atoms with Gasteiger partial charge >= 0.3 is 0 Å². The Morgan fingerprint density at radius 2 is 1.60 bits per heavy atom. The topological polar surface area (TPSA) is 44.5 Å². The number of nitrogens with two attached hydrogens (primary N) is 1. The molecular weight excluding hydrogens is 250 g/mol. The van der Waals surface area contributed by atoms with Crippen molar-refractivity contribution in [3.05, 3.63) is 23.8 Å². The first kappa shape index (κ1) is 16.8. The minimum Gasteiger partial charge on any atom is -0.490 e. The van der Waals surface area contributed by atoms with Gasteiger partial charge in [0.25, 0.3) is 0 Å². The summed E-state index contributed by atoms with van der Waals surface area (Å²) < 4.78 is 11.5. The van der Waals surface area contributed by atoms with Gasteiger partial charge in [-0.1, -0.05) is 33.8 Å². The van der Waals surface area contributed by atoms with Gasteiger partial charge in [0.2, 0.25) is 0 Å². The lowest BCUT2D eigenvalue weighted by molar-refractivity contribution is 0.268. The predicted octanol–water partition coefficient (Wildman–Crippen LogP) is 4.31. The van der Waals surface area contributed by atoms with Crippen molar-refractivity contribution in [2.75, 3.05) is 13.2 Å². The highest BCUT2D eigenvalue weighted by Crippen LogP contribution is 2.32. The van der Waals surface area contributed by atoms with Gasteiger partial charge in [-0.05, 0) is 42.9 Å². The number of rotatable bonds is 9. The first-order valence-electron chi connectivity index (χ1n) is 7.73. The zero-order valence-electron chi connectivity index (χ0n) is 13.3. The maximum absolute atomic E-state index is 6.25. The van der Waals surface area contributed by atoms with Crippen molar-refractivity contribution in [2.45, 2.75) is 53.0 Å². The summed E-state index contributed by atoms with van der Waals surface area (Å²) in [5.74, 6) is 2.22. The Morgan fingerprint density at radius 3 is 2.15 bits per heavy atom. The van der Waals surface area contributed by atoms with E-state index in [1.54, 1.807) is 0 Å². The molecular formula is C17H29NO2. The summed E-state index contributed by atoms with van der Waals surface area (Å²) >= 11 is 0. The molecule has 0 aliphatic heterocycles. The first-order chi connectivity index (χ1) is 9.58. The number of ether oxygens (including phenoxy) is 2. The lowest BCUT2D eigenvalue weighted by Gasteiger charge is -2.18. The molecule has 0 saturated carbocycles. The van der Waals surface area contributed by atoms with Crippen LogP contribution in [0.25, 0.3) is 0 Å². The molecule has 0 aliphatic carbocycles. The zero-order chi connectivity index (χ0) is 15.0. The van der Waals surface area contributed by atoms with Crippen molar-refractivity contribution in [3.63, 3.8) is 0 Å². The van der Waals surface area contributed by atoms with Gasteiger partial charge in [-0.2, -0.15) is 0 Å². The maximum Gasteiger partial charge on any atom is 0.161 e. The minimum atomic E-state index is 0.0548. The second-order valence-electron chi connectivity index (χ2n) is 5.64. The van der Waals surface area contributed by atoms with E-state index < -0.39 is 0 Å². The lowest BCUT2D eigenvalue weighted by atomic mass is 9.97. The highest BCUT2D eigenvalue weighted by molar-refractivity contribution is 5.44. The molecule has 20 heavy (non-hydrogen) atoms. The highest BCUT2D eigenvalue weighted by atomic mass is 16.5. The number of hydrogen-bond acceptors (Lipinski definition) is 3. The molecule has 1 atom stereocenters. The third-order valence-corrected chi connectivity index (χ3v) is 3.04. The fraction of sp³-hybridized carbons (Fsp3) is 0.647. The molecule has 0 bridgehead atoms. The molecule has 0 fully saturated rings. The van der Waals surface area contributed by atoms with E-state index >= 15 is 0 Å². The smallest absolute Gasteiger partial charge is 0.161 e. The molecule has 0 saturated heterocycles. The first-order valence-corrected chi connectivity index (χ1v) is 7.73. The van der Waals surface area contributed by atoms with Crippen LogP contribution in [0.3, 0.4) is 0 Å². The van der Waals surface area contributed by atoms with Crippen LogP contribution in [0.15, 0.2) is 18.2 Å². The molecule has 3 nitrogen and oxygen atoms in total. The van der Waals surface area contributed by atoms with E-state index in [0.717, 1.165) is 36.3 Å². The molecule has 2 N–H and O–H groups in total. The summed E-state index contributed by atoms with van der Waals surface area (Å²) in [6, 6.07) is 6.12. The van der Waals surface area contributed by atoms with Gasteiger partial charge in [-0.25, -0.2) is 0 Å². The molecule has 1 rings (SSSR count). The average molecular weight is 279 g/mol. The summed E-state index contributed by atoms with van der Waals surface area (Å²) in [6.45, 7) is 9.98. The van der Waals surface area contributed by atoms with E-state index in [0.29, 0.717) is 19.1 Å². The lowest BCUT2D eigenvalue weighted by Crippen LogP contribution is -2.13. The second-order valence-corrected chi connectivity index (χ2v) is 5.64. The fourth-order valence-corrected chi connectivity index (χ4v) is 2.06. The number of hydrogen-bond donors (Lipinski definition) is 1. The van der Waals surface area contributed by atoms with Crippen LogP contribution in [0.4, 0.5) is 0 Å². The Hall–Kier alpha value is -1.22. The zero-order valence-corrected chi connectivity index (χ0v) is 13.3. The van der Waals surface area contributed by atoms with E-state index in [1.165, 1.54) is 0 Å². The number of benzene rings is 1. The Labute approximate surface area is 123 Å². The van der Waals surface area contributed by atoms with Crippen molar-refractivity contribution < 1.29 is 9.47 Å². The standard InChI is InChI=1S/C17H29NO2/c1-5-9-19-16-8-7-14(15(18)11-13(3)4)12-17(16)20-10-6-2/h7-8,12-13,15H,5-6,9-11,18H2,1-4H3. The quantitative estimate of drug-likeness (QED) is 0.732. The Kier molecular flexibility index (Phi) is 7.45. The largest absolute Gasteiger partial charge is 0.490 e. The van der Waals surface area contributed by atoms with Gasteiger partial charge in [0.1, 0.15) is 0 Å². The van der Waals surface area contributed by atoms with Gasteiger partial charge in [-0.15, -0.1) is 0 Å². The molecule has 0 aromatic heterocycles. The molecule has 114 valence electrons. The van der Waals surface area contributed by atoms with Crippen LogP contribution in [0.1, 0.15) is 58.6 Å². The molecule has 0 radical (unpaired) electrons. The molecule has 1 unspecified atom stereocenters. The molecule has 0 spiro atoms. The van der Waals surface area contributed by atoms with Crippen LogP contribution in [-0.2, 0) is 0 Å². The molecule has 1 aromatic rings. The van der Waals surface area contributed by atoms with Crippen molar-refractivity contribution in [3.8, 4) is 11.5 Å². The van der Waals surface area contributed by atoms with Crippen LogP contribution in [-0.4, -0.2) is 13.2 Å². The summed E-state index contributed by atoms with van der Waals surface area (Å²) in [5, 5.41) is 0. The van der Waals surface area contributed by atoms with Crippen molar-refractivity contribution in [1.82, 2.24) is 0 Å². The van der Waals surface area contributed by atoms with Crippen LogP contribution in [0, 0.1) is 5.92 Å². The van der Waals surface area contributed by atoms with Crippen LogP contribution >= 0.6 is 0 Å². The molecule has 0 amide bonds. The van der Waals surface area contributed by atoms with Gasteiger partial charge in [0, 0.05) is 6.04 Å². The summed E-state index contributed by atoms with van der Waals surface area (Å²) in [4.78, 5) is 0. The van der Waals surface area contributed by atoms with Crippen molar-refractivity contribution in [2.24, 2.45) is 11.7 Å². The Morgan fingerprint density at radius 1 is 1.00 bits per heavy atom. The van der Waals surface area contributed by atoms with E-state index in [2.05, 4.69) is 33.8 Å². The van der Waals surface area contributed by atoms with Crippen molar-refractivity contribution >= 4 is 0 Å². The van der Waals surface area contributed by atoms with E-state index in [4.69, 9.17) is 15.2 Å². The van der Waals surface area contributed by atoms with Crippen LogP contribution < -0.4 is 15.2 Å². The third kappa shape index (κ3) is 5.41. The molecule has 0 aliphatic rings. The normalized spacial score (nSPS) is 12.5. The highest BCUT2D eigenvalue weighted by Gasteiger charge is 2.12. The maximum atomic E-state index is 6.25. The molecule has 3 heteroatoms. The van der Waals surface area contributed by atoms with Gasteiger partial charge in [-0.3, -0.25) is 0 Å². The van der Waals surface area contributed by atoms with E-state index in [-0.39, 0.29) is 6.04 Å². The van der Waals surface area contributed by atoms with Gasteiger partial charge in [0.05, 0.1) is 13.2 Å². The molecule has 1 aromatic carbocycles. The SMILES string of the molecule is CCCOc1ccc(C(N)CC(C)C)cc1OCCC. The monoisotopic (exact) mass is 279 g/mol. The minimum absolute atomic E-state index is 0.0548. The van der Waals surface area contributed by atoms with Gasteiger partial charge in [0.15, 0.2) is 11.5 Å². The van der Waals surface area contributed by atoms with Gasteiger partial charge < -0.3 is 15.2 Å². The predicted molar refractivity (Wildman–Crippen MR) is 84.4 cm³/mol. The van der Waals surface area contributed by atoms with E-state index in [1.807, 2.05) is 12.1 Å². The third-order valence-electron chi connectivity index (χ3n) is 3.04. The van der Waals surface area contributed by atoms with Crippen molar-refractivity contribution in [1.29, 1.82) is 0 Å².